The number of benzene rings is 3. The summed E-state index contributed by atoms with van der Waals surface area (Å²) in [4.78, 5) is 26.0. The van der Waals surface area contributed by atoms with E-state index in [1.807, 2.05) is 60.7 Å². The highest BCUT2D eigenvalue weighted by molar-refractivity contribution is 9.10. The second kappa shape index (κ2) is 11.0. The van der Waals surface area contributed by atoms with Crippen molar-refractivity contribution in [2.75, 3.05) is 19.5 Å². The van der Waals surface area contributed by atoms with Crippen LogP contribution in [0.4, 0.5) is 5.69 Å². The number of anilines is 1. The number of carbonyl (C=O) groups is 1. The van der Waals surface area contributed by atoms with Crippen molar-refractivity contribution in [2.24, 2.45) is 0 Å². The van der Waals surface area contributed by atoms with Crippen LogP contribution >= 0.6 is 15.9 Å². The summed E-state index contributed by atoms with van der Waals surface area (Å²) >= 11 is 3.37. The van der Waals surface area contributed by atoms with Gasteiger partial charge in [-0.3, -0.25) is 9.59 Å². The van der Waals surface area contributed by atoms with Crippen molar-refractivity contribution < 1.29 is 14.3 Å². The third-order valence-electron chi connectivity index (χ3n) is 5.41. The first-order valence-electron chi connectivity index (χ1n) is 10.9. The van der Waals surface area contributed by atoms with Crippen molar-refractivity contribution in [3.63, 3.8) is 0 Å². The molecule has 0 unspecified atom stereocenters. The van der Waals surface area contributed by atoms with E-state index in [0.717, 1.165) is 27.1 Å². The first kappa shape index (κ1) is 24.2. The molecule has 4 rings (SSSR count). The lowest BCUT2D eigenvalue weighted by molar-refractivity contribution is -0.117. The molecule has 178 valence electrons. The maximum Gasteiger partial charge on any atom is 0.270 e. The van der Waals surface area contributed by atoms with Crippen LogP contribution < -0.4 is 20.3 Å². The van der Waals surface area contributed by atoms with Crippen molar-refractivity contribution in [1.82, 2.24) is 9.78 Å². The lowest BCUT2D eigenvalue weighted by Crippen LogP contribution is -2.32. The number of hydrogen-bond donors (Lipinski definition) is 1. The summed E-state index contributed by atoms with van der Waals surface area (Å²) in [5.74, 6) is 1.11. The monoisotopic (exact) mass is 533 g/mol. The van der Waals surface area contributed by atoms with Gasteiger partial charge in [0.2, 0.25) is 5.91 Å². The highest BCUT2D eigenvalue weighted by Crippen LogP contribution is 2.22. The minimum absolute atomic E-state index is 0.214. The molecule has 1 heterocycles. The van der Waals surface area contributed by atoms with Gasteiger partial charge in [-0.25, -0.2) is 4.68 Å². The molecular formula is C27H24BrN3O4. The number of nitrogens with one attached hydrogen (secondary N) is 1. The summed E-state index contributed by atoms with van der Waals surface area (Å²) in [6.07, 6.45) is 0.392. The molecule has 0 bridgehead atoms. The smallest absolute Gasteiger partial charge is 0.270 e. The van der Waals surface area contributed by atoms with Gasteiger partial charge in [0.1, 0.15) is 18.0 Å². The fourth-order valence-corrected chi connectivity index (χ4v) is 3.83. The lowest BCUT2D eigenvalue weighted by Gasteiger charge is -2.12. The average Bonchev–Trinajstić information content (AvgIpc) is 2.88. The van der Waals surface area contributed by atoms with E-state index in [9.17, 15) is 9.59 Å². The molecule has 0 aliphatic carbocycles. The molecule has 0 spiro atoms. The van der Waals surface area contributed by atoms with Gasteiger partial charge in [-0.1, -0.05) is 28.1 Å². The molecule has 0 aliphatic heterocycles. The predicted molar refractivity (Wildman–Crippen MR) is 139 cm³/mol. The Hall–Kier alpha value is -3.91. The molecule has 1 N–H and O–H groups in total. The van der Waals surface area contributed by atoms with Gasteiger partial charge in [-0.15, -0.1) is 0 Å². The van der Waals surface area contributed by atoms with Gasteiger partial charge in [-0.2, -0.15) is 5.10 Å². The minimum Gasteiger partial charge on any atom is -0.497 e. The third-order valence-corrected chi connectivity index (χ3v) is 5.94. The Morgan fingerprint density at radius 2 is 1.51 bits per heavy atom. The Morgan fingerprint density at radius 3 is 2.11 bits per heavy atom. The largest absolute Gasteiger partial charge is 0.497 e. The number of rotatable bonds is 8. The van der Waals surface area contributed by atoms with Crippen LogP contribution in [-0.2, 0) is 17.8 Å². The first-order valence-corrected chi connectivity index (χ1v) is 11.7. The van der Waals surface area contributed by atoms with Crippen LogP contribution in [0.5, 0.6) is 11.5 Å². The maximum absolute atomic E-state index is 13.3. The van der Waals surface area contributed by atoms with Gasteiger partial charge in [-0.05, 0) is 72.3 Å². The van der Waals surface area contributed by atoms with Crippen LogP contribution in [-0.4, -0.2) is 29.9 Å². The molecule has 1 amide bonds. The van der Waals surface area contributed by atoms with Crippen molar-refractivity contribution in [3.8, 4) is 22.8 Å². The van der Waals surface area contributed by atoms with Crippen LogP contribution in [0.1, 0.15) is 11.1 Å². The number of ether oxygens (including phenoxy) is 2. The highest BCUT2D eigenvalue weighted by Gasteiger charge is 2.14. The molecule has 7 nitrogen and oxygen atoms in total. The maximum atomic E-state index is 13.3. The van der Waals surface area contributed by atoms with E-state index in [1.54, 1.807) is 32.4 Å². The Bertz CT molecular complexity index is 1370. The first-order chi connectivity index (χ1) is 16.9. The SMILES string of the molecule is COc1ccc(Cc2cc(-c3ccc(OC)cc3)nn(CC(=O)Nc3ccc(Br)cc3)c2=O)cc1. The molecule has 8 heteroatoms. The molecule has 0 saturated carbocycles. The van der Waals surface area contributed by atoms with E-state index in [1.165, 1.54) is 4.68 Å². The number of hydrogen-bond acceptors (Lipinski definition) is 5. The number of nitrogens with zero attached hydrogens (tertiary/aromatic N) is 2. The van der Waals surface area contributed by atoms with Crippen LogP contribution in [0, 0.1) is 0 Å². The number of carbonyl (C=O) groups excluding carboxylic acids is 1. The van der Waals surface area contributed by atoms with Crippen molar-refractivity contribution in [1.29, 1.82) is 0 Å². The molecule has 1 aromatic heterocycles. The van der Waals surface area contributed by atoms with E-state index >= 15 is 0 Å². The van der Waals surface area contributed by atoms with E-state index in [-0.39, 0.29) is 18.0 Å². The number of methoxy groups -OCH3 is 2. The molecule has 0 aliphatic rings. The molecule has 4 aromatic rings. The molecule has 0 radical (unpaired) electrons. The molecular weight excluding hydrogens is 510 g/mol. The van der Waals surface area contributed by atoms with Gasteiger partial charge in [0.05, 0.1) is 19.9 Å². The fraction of sp³-hybridized carbons (Fsp3) is 0.148. The van der Waals surface area contributed by atoms with Gasteiger partial charge in [0.25, 0.3) is 5.56 Å². The summed E-state index contributed by atoms with van der Waals surface area (Å²) in [6.45, 7) is -0.214. The van der Waals surface area contributed by atoms with Crippen molar-refractivity contribution in [2.45, 2.75) is 13.0 Å². The van der Waals surface area contributed by atoms with Gasteiger partial charge in [0.15, 0.2) is 0 Å². The Balaban J connectivity index is 1.67. The zero-order valence-electron chi connectivity index (χ0n) is 19.3. The van der Waals surface area contributed by atoms with Crippen LogP contribution in [0.25, 0.3) is 11.3 Å². The van der Waals surface area contributed by atoms with Gasteiger partial charge >= 0.3 is 0 Å². The summed E-state index contributed by atoms with van der Waals surface area (Å²) in [7, 11) is 3.21. The van der Waals surface area contributed by atoms with Crippen LogP contribution in [0.2, 0.25) is 0 Å². The van der Waals surface area contributed by atoms with E-state index < -0.39 is 0 Å². The lowest BCUT2D eigenvalue weighted by atomic mass is 10.0. The molecule has 35 heavy (non-hydrogen) atoms. The van der Waals surface area contributed by atoms with Crippen LogP contribution in [0.15, 0.2) is 88.1 Å². The Labute approximate surface area is 211 Å². The summed E-state index contributed by atoms with van der Waals surface area (Å²) in [5, 5.41) is 7.31. The number of halogens is 1. The fourth-order valence-electron chi connectivity index (χ4n) is 3.57. The minimum atomic E-state index is -0.343. The van der Waals surface area contributed by atoms with Crippen LogP contribution in [0.3, 0.4) is 0 Å². The summed E-state index contributed by atoms with van der Waals surface area (Å²) in [5.41, 5.74) is 3.20. The average molecular weight is 534 g/mol. The zero-order chi connectivity index (χ0) is 24.8. The Morgan fingerprint density at radius 1 is 0.914 bits per heavy atom. The third kappa shape index (κ3) is 6.16. The Kier molecular flexibility index (Phi) is 7.62. The number of aromatic nitrogens is 2. The van der Waals surface area contributed by atoms with Gasteiger partial charge < -0.3 is 14.8 Å². The van der Waals surface area contributed by atoms with E-state index in [4.69, 9.17) is 9.47 Å². The van der Waals surface area contributed by atoms with E-state index in [0.29, 0.717) is 23.4 Å². The topological polar surface area (TPSA) is 82.4 Å². The zero-order valence-corrected chi connectivity index (χ0v) is 20.9. The van der Waals surface area contributed by atoms with Crippen molar-refractivity contribution >= 4 is 27.5 Å². The standard InChI is InChI=1S/C27H24BrN3O4/c1-34-23-11-3-18(4-12-23)15-20-16-25(19-5-13-24(35-2)14-6-19)30-31(27(20)33)17-26(32)29-22-9-7-21(28)8-10-22/h3-14,16H,15,17H2,1-2H3,(H,29,32). The second-order valence-electron chi connectivity index (χ2n) is 7.83. The molecule has 3 aromatic carbocycles. The summed E-state index contributed by atoms with van der Waals surface area (Å²) in [6, 6.07) is 23.9. The molecule has 0 atom stereocenters. The number of amides is 1. The van der Waals surface area contributed by atoms with Gasteiger partial charge in [0, 0.05) is 27.7 Å². The molecule has 0 saturated heterocycles. The molecule has 0 fully saturated rings. The highest BCUT2D eigenvalue weighted by atomic mass is 79.9. The predicted octanol–water partition coefficient (Wildman–Crippen LogP) is 4.92. The normalized spacial score (nSPS) is 10.6. The summed E-state index contributed by atoms with van der Waals surface area (Å²) < 4.78 is 12.6. The van der Waals surface area contributed by atoms with Crippen molar-refractivity contribution in [3.05, 3.63) is 105 Å². The van der Waals surface area contributed by atoms with E-state index in [2.05, 4.69) is 26.3 Å². The second-order valence-corrected chi connectivity index (χ2v) is 8.74. The quantitative estimate of drug-likeness (QED) is 0.347.